The summed E-state index contributed by atoms with van der Waals surface area (Å²) in [6.45, 7) is 6.25. The number of likely N-dealkylation sites (N-methyl/N-ethyl adjacent to an activating group) is 1. The minimum absolute atomic E-state index is 0.0523. The molecule has 37 heavy (non-hydrogen) atoms. The van der Waals surface area contributed by atoms with Crippen LogP contribution in [0.3, 0.4) is 0 Å². The Morgan fingerprint density at radius 2 is 1.89 bits per heavy atom. The Labute approximate surface area is 221 Å². The highest BCUT2D eigenvalue weighted by atomic mass is 35.5. The van der Waals surface area contributed by atoms with E-state index in [9.17, 15) is 19.1 Å². The third-order valence-electron chi connectivity index (χ3n) is 8.48. The lowest BCUT2D eigenvalue weighted by molar-refractivity contribution is -0.134. The summed E-state index contributed by atoms with van der Waals surface area (Å²) >= 11 is 5.87. The molecule has 2 aromatic rings. The predicted molar refractivity (Wildman–Crippen MR) is 139 cm³/mol. The summed E-state index contributed by atoms with van der Waals surface area (Å²) in [5, 5.41) is 17.8. The maximum absolute atomic E-state index is 13.5. The van der Waals surface area contributed by atoms with Crippen molar-refractivity contribution in [3.05, 3.63) is 46.8 Å². The van der Waals surface area contributed by atoms with Gasteiger partial charge < -0.3 is 19.9 Å². The molecule has 5 rings (SSSR count). The lowest BCUT2D eigenvalue weighted by Gasteiger charge is -2.33. The normalized spacial score (nSPS) is 31.7. The van der Waals surface area contributed by atoms with Gasteiger partial charge in [-0.2, -0.15) is 0 Å². The van der Waals surface area contributed by atoms with Crippen LogP contribution >= 0.6 is 11.6 Å². The zero-order chi connectivity index (χ0) is 26.9. The number of hydrogen-bond donors (Lipinski definition) is 3. The number of benzene rings is 1. The number of fused-ring (bicyclic) bond motifs is 1. The van der Waals surface area contributed by atoms with Crippen molar-refractivity contribution in [2.24, 2.45) is 24.3 Å². The Hall–Kier alpha value is -2.49. The Kier molecular flexibility index (Phi) is 6.40. The van der Waals surface area contributed by atoms with E-state index in [0.717, 1.165) is 18.5 Å². The second kappa shape index (κ2) is 9.06. The molecule has 2 heterocycles. The van der Waals surface area contributed by atoms with Crippen molar-refractivity contribution in [2.45, 2.75) is 70.2 Å². The van der Waals surface area contributed by atoms with Crippen molar-refractivity contribution >= 4 is 29.1 Å². The molecule has 1 saturated heterocycles. The van der Waals surface area contributed by atoms with Gasteiger partial charge in [0.15, 0.2) is 0 Å². The summed E-state index contributed by atoms with van der Waals surface area (Å²) in [7, 11) is 3.57. The largest absolute Gasteiger partial charge is 0.388 e. The van der Waals surface area contributed by atoms with Gasteiger partial charge in [0.25, 0.3) is 5.91 Å². The number of carbonyl (C=O) groups is 2. The monoisotopic (exact) mass is 531 g/mol. The first-order valence-electron chi connectivity index (χ1n) is 12.8. The summed E-state index contributed by atoms with van der Waals surface area (Å²) in [5.74, 6) is -0.356. The number of nitrogens with zero attached hydrogens (tertiary/aromatic N) is 3. The number of aryl methyl sites for hydroxylation is 1. The van der Waals surface area contributed by atoms with Gasteiger partial charge in [0.2, 0.25) is 5.91 Å². The number of nitrogens with one attached hydrogen (secondary N) is 2. The molecule has 8 nitrogen and oxygen atoms in total. The molecule has 3 N–H and O–H groups in total. The molecular weight excluding hydrogens is 497 g/mol. The van der Waals surface area contributed by atoms with Crippen LogP contribution in [0.5, 0.6) is 0 Å². The lowest BCUT2D eigenvalue weighted by atomic mass is 9.86. The molecule has 0 radical (unpaired) electrons. The van der Waals surface area contributed by atoms with E-state index in [0.29, 0.717) is 24.2 Å². The fourth-order valence-corrected chi connectivity index (χ4v) is 7.02. The van der Waals surface area contributed by atoms with E-state index in [4.69, 9.17) is 11.6 Å². The molecule has 2 aliphatic carbocycles. The van der Waals surface area contributed by atoms with Gasteiger partial charge in [0.05, 0.1) is 28.8 Å². The summed E-state index contributed by atoms with van der Waals surface area (Å²) < 4.78 is 15.2. The van der Waals surface area contributed by atoms with E-state index in [1.54, 1.807) is 29.9 Å². The van der Waals surface area contributed by atoms with Gasteiger partial charge in [0, 0.05) is 25.7 Å². The molecule has 0 bridgehead atoms. The number of anilines is 1. The van der Waals surface area contributed by atoms with Crippen LogP contribution in [0, 0.1) is 23.1 Å². The first-order chi connectivity index (χ1) is 17.3. The molecule has 10 heteroatoms. The van der Waals surface area contributed by atoms with Crippen molar-refractivity contribution in [3.8, 4) is 0 Å². The standard InChI is InChI=1S/C27H35ClFN5O3/c1-26(2,3)25-32-22(24(36)34(25)5)27(37)11-15-8-14(9-16(15)12-27)20-21(33(4)13-30-20)23(35)31-17-6-7-19(29)18(28)10-17/h6-7,10,13-16,22,25,32,37H,8-9,11-12H2,1-5H3,(H,31,35)/t14?,15?,16?,22-,25-,27?/m0/s1. The molecule has 1 aliphatic heterocycles. The number of rotatable bonds is 4. The van der Waals surface area contributed by atoms with E-state index in [1.807, 2.05) is 0 Å². The second-order valence-electron chi connectivity index (χ2n) is 12.2. The fourth-order valence-electron chi connectivity index (χ4n) is 6.84. The zero-order valence-electron chi connectivity index (χ0n) is 21.9. The van der Waals surface area contributed by atoms with Gasteiger partial charge in [-0.25, -0.2) is 9.37 Å². The van der Waals surface area contributed by atoms with Crippen molar-refractivity contribution < 1.29 is 19.1 Å². The van der Waals surface area contributed by atoms with Gasteiger partial charge in [-0.3, -0.25) is 14.9 Å². The first kappa shape index (κ1) is 26.1. The molecular formula is C27H35ClFN5O3. The quantitative estimate of drug-likeness (QED) is 0.555. The van der Waals surface area contributed by atoms with Crippen molar-refractivity contribution in [3.63, 3.8) is 0 Å². The molecule has 2 saturated carbocycles. The van der Waals surface area contributed by atoms with Crippen LogP contribution in [-0.2, 0) is 11.8 Å². The third kappa shape index (κ3) is 4.55. The molecule has 1 aromatic heterocycles. The van der Waals surface area contributed by atoms with Crippen LogP contribution in [0.15, 0.2) is 24.5 Å². The maximum atomic E-state index is 13.5. The summed E-state index contributed by atoms with van der Waals surface area (Å²) in [6, 6.07) is 3.46. The highest BCUT2D eigenvalue weighted by Gasteiger charge is 2.58. The minimum atomic E-state index is -1.09. The summed E-state index contributed by atoms with van der Waals surface area (Å²) in [5.41, 5.74) is 0.364. The average molecular weight is 532 g/mol. The summed E-state index contributed by atoms with van der Waals surface area (Å²) in [6.07, 6.45) is 4.19. The number of amides is 2. The van der Waals surface area contributed by atoms with Gasteiger partial charge in [-0.1, -0.05) is 32.4 Å². The van der Waals surface area contributed by atoms with Crippen LogP contribution < -0.4 is 10.6 Å². The van der Waals surface area contributed by atoms with Crippen molar-refractivity contribution in [2.75, 3.05) is 12.4 Å². The first-order valence-corrected chi connectivity index (χ1v) is 13.2. The Morgan fingerprint density at radius 1 is 1.24 bits per heavy atom. The number of aliphatic hydroxyl groups is 1. The lowest BCUT2D eigenvalue weighted by Crippen LogP contribution is -2.52. The van der Waals surface area contributed by atoms with Crippen LogP contribution in [0.1, 0.15) is 68.6 Å². The van der Waals surface area contributed by atoms with Gasteiger partial charge in [0.1, 0.15) is 17.6 Å². The smallest absolute Gasteiger partial charge is 0.274 e. The maximum Gasteiger partial charge on any atom is 0.274 e. The third-order valence-corrected chi connectivity index (χ3v) is 8.77. The second-order valence-corrected chi connectivity index (χ2v) is 12.6. The molecule has 200 valence electrons. The Balaban J connectivity index is 1.29. The molecule has 2 unspecified atom stereocenters. The zero-order valence-corrected chi connectivity index (χ0v) is 22.6. The van der Waals surface area contributed by atoms with Crippen LogP contribution in [0.2, 0.25) is 5.02 Å². The van der Waals surface area contributed by atoms with E-state index in [2.05, 4.69) is 36.4 Å². The average Bonchev–Trinajstić information content (AvgIpc) is 3.52. The fraction of sp³-hybridized carbons (Fsp3) is 0.593. The Bertz CT molecular complexity index is 1230. The van der Waals surface area contributed by atoms with E-state index in [-0.39, 0.29) is 46.2 Å². The van der Waals surface area contributed by atoms with Gasteiger partial charge in [-0.15, -0.1) is 0 Å². The molecule has 3 aliphatic rings. The molecule has 0 spiro atoms. The van der Waals surface area contributed by atoms with Crippen molar-refractivity contribution in [1.29, 1.82) is 0 Å². The molecule has 1 aromatic carbocycles. The number of carbonyl (C=O) groups excluding carboxylic acids is 2. The van der Waals surface area contributed by atoms with Crippen LogP contribution in [-0.4, -0.2) is 56.2 Å². The number of imidazole rings is 1. The van der Waals surface area contributed by atoms with Crippen molar-refractivity contribution in [1.82, 2.24) is 19.8 Å². The molecule has 2 amide bonds. The van der Waals surface area contributed by atoms with Gasteiger partial charge >= 0.3 is 0 Å². The van der Waals surface area contributed by atoms with Crippen LogP contribution in [0.25, 0.3) is 0 Å². The molecule has 3 fully saturated rings. The topological polar surface area (TPSA) is 99.5 Å². The number of hydrogen-bond acceptors (Lipinski definition) is 5. The number of aromatic nitrogens is 2. The highest BCUT2D eigenvalue weighted by molar-refractivity contribution is 6.31. The predicted octanol–water partition coefficient (Wildman–Crippen LogP) is 3.90. The highest BCUT2D eigenvalue weighted by Crippen LogP contribution is 2.55. The summed E-state index contributed by atoms with van der Waals surface area (Å²) in [4.78, 5) is 32.6. The van der Waals surface area contributed by atoms with E-state index >= 15 is 0 Å². The van der Waals surface area contributed by atoms with E-state index in [1.165, 1.54) is 18.2 Å². The van der Waals surface area contributed by atoms with Crippen LogP contribution in [0.4, 0.5) is 10.1 Å². The molecule has 4 atom stereocenters. The minimum Gasteiger partial charge on any atom is -0.388 e. The SMILES string of the molecule is CN1C(=O)[C@@H](C2(O)CC3CC(c4ncn(C)c4C(=O)Nc4ccc(F)c(Cl)c4)CC3C2)N[C@@H]1C(C)(C)C. The Morgan fingerprint density at radius 3 is 2.46 bits per heavy atom. The number of halogens is 2. The van der Waals surface area contributed by atoms with Gasteiger partial charge in [-0.05, 0) is 61.1 Å². The van der Waals surface area contributed by atoms with E-state index < -0.39 is 17.5 Å².